The summed E-state index contributed by atoms with van der Waals surface area (Å²) in [5.74, 6) is 0.967. The Labute approximate surface area is 215 Å². The normalized spacial score (nSPS) is 38.1. The van der Waals surface area contributed by atoms with Crippen LogP contribution in [0.1, 0.15) is 92.4 Å². The molecule has 4 aliphatic carbocycles. The summed E-state index contributed by atoms with van der Waals surface area (Å²) in [4.78, 5) is 41.4. The molecule has 0 saturated heterocycles. The number of ketones is 1. The summed E-state index contributed by atoms with van der Waals surface area (Å²) in [6, 6.07) is -0.922. The SMILES string of the molecule is CC[C@H](C)[C@H](NC(=O)CON=C1C=C2CC[C@H]3[C@@H]4CC[C@@H](C(C)=O)[C@@]4(C)CC[C@@H]3[C@@]2(C)CC1)C(=O)O. The van der Waals surface area contributed by atoms with Crippen LogP contribution in [0, 0.1) is 40.4 Å². The third-order valence-corrected chi connectivity index (χ3v) is 10.6. The number of Topliss-reactive ketones (excluding diaryl/α,β-unsaturated/α-hetero) is 1. The number of oxime groups is 1. The molecule has 7 nitrogen and oxygen atoms in total. The zero-order valence-electron chi connectivity index (χ0n) is 22.6. The molecular formula is C29H44N2O5. The monoisotopic (exact) mass is 500 g/mol. The van der Waals surface area contributed by atoms with Gasteiger partial charge in [0, 0.05) is 5.92 Å². The van der Waals surface area contributed by atoms with Crippen LogP contribution < -0.4 is 5.32 Å². The van der Waals surface area contributed by atoms with E-state index >= 15 is 0 Å². The summed E-state index contributed by atoms with van der Waals surface area (Å²) in [5.41, 5.74) is 2.66. The molecule has 2 N–H and O–H groups in total. The Morgan fingerprint density at radius 1 is 1.14 bits per heavy atom. The Morgan fingerprint density at radius 2 is 1.89 bits per heavy atom. The minimum atomic E-state index is -1.03. The number of aliphatic carboxylic acids is 1. The lowest BCUT2D eigenvalue weighted by Gasteiger charge is -2.58. The first-order chi connectivity index (χ1) is 17.0. The molecule has 3 fully saturated rings. The number of nitrogens with zero attached hydrogens (tertiary/aromatic N) is 1. The number of carboxylic acids is 1. The van der Waals surface area contributed by atoms with Gasteiger partial charge in [-0.3, -0.25) is 9.59 Å². The van der Waals surface area contributed by atoms with Crippen LogP contribution in [-0.4, -0.2) is 41.1 Å². The molecule has 0 heterocycles. The van der Waals surface area contributed by atoms with Crippen LogP contribution in [0.25, 0.3) is 0 Å². The molecule has 0 aromatic carbocycles. The highest BCUT2D eigenvalue weighted by molar-refractivity contribution is 5.96. The molecule has 0 aromatic rings. The Morgan fingerprint density at radius 3 is 2.56 bits per heavy atom. The van der Waals surface area contributed by atoms with Crippen molar-refractivity contribution in [3.63, 3.8) is 0 Å². The lowest BCUT2D eigenvalue weighted by molar-refractivity contribution is -0.144. The van der Waals surface area contributed by atoms with Crippen molar-refractivity contribution in [1.29, 1.82) is 0 Å². The standard InChI is InChI=1S/C29H44N2O5/c1-6-17(2)26(27(34)35)30-25(33)16-36-31-20-11-13-28(4)19(15-20)7-8-21-23-10-9-22(18(3)32)29(23,5)14-12-24(21)28/h15,17,21-24,26H,6-14,16H2,1-5H3,(H,30,33)(H,34,35)/t17-,21-,22-,23-,24-,26-,28-,29+/m0/s1. The maximum atomic E-state index is 12.4. The lowest BCUT2D eigenvalue weighted by atomic mass is 9.46. The second-order valence-electron chi connectivity index (χ2n) is 12.4. The minimum absolute atomic E-state index is 0.163. The number of carboxylic acid groups (broad SMARTS) is 1. The highest BCUT2D eigenvalue weighted by Gasteiger charge is 2.59. The number of fused-ring (bicyclic) bond motifs is 5. The van der Waals surface area contributed by atoms with E-state index in [4.69, 9.17) is 4.84 Å². The molecule has 1 amide bonds. The summed E-state index contributed by atoms with van der Waals surface area (Å²) >= 11 is 0. The first-order valence-electron chi connectivity index (χ1n) is 13.9. The Bertz CT molecular complexity index is 957. The minimum Gasteiger partial charge on any atom is -0.480 e. The number of carbonyl (C=O) groups excluding carboxylic acids is 2. The number of carbonyl (C=O) groups is 3. The first kappa shape index (κ1) is 26.9. The number of allylic oxidation sites excluding steroid dienone is 2. The molecule has 0 unspecified atom stereocenters. The van der Waals surface area contributed by atoms with E-state index in [1.54, 1.807) is 13.8 Å². The second kappa shape index (κ2) is 10.3. The second-order valence-corrected chi connectivity index (χ2v) is 12.4. The molecule has 200 valence electrons. The van der Waals surface area contributed by atoms with Crippen LogP contribution in [0.4, 0.5) is 0 Å². The number of rotatable bonds is 8. The predicted molar refractivity (Wildman–Crippen MR) is 138 cm³/mol. The van der Waals surface area contributed by atoms with Crippen molar-refractivity contribution < 1.29 is 24.3 Å². The molecular weight excluding hydrogens is 456 g/mol. The quantitative estimate of drug-likeness (QED) is 0.449. The van der Waals surface area contributed by atoms with Gasteiger partial charge in [0.1, 0.15) is 11.8 Å². The molecule has 4 rings (SSSR count). The highest BCUT2D eigenvalue weighted by atomic mass is 16.6. The zero-order chi connectivity index (χ0) is 26.3. The molecule has 36 heavy (non-hydrogen) atoms. The van der Waals surface area contributed by atoms with Crippen LogP contribution in [-0.2, 0) is 19.2 Å². The molecule has 3 saturated carbocycles. The lowest BCUT2D eigenvalue weighted by Crippen LogP contribution is -2.51. The van der Waals surface area contributed by atoms with Crippen molar-refractivity contribution in [2.24, 2.45) is 45.6 Å². The third kappa shape index (κ3) is 4.74. The average Bonchev–Trinajstić information content (AvgIpc) is 3.19. The summed E-state index contributed by atoms with van der Waals surface area (Å²) < 4.78 is 0. The largest absolute Gasteiger partial charge is 0.480 e. The number of nitrogens with one attached hydrogen (secondary N) is 1. The fourth-order valence-electron chi connectivity index (χ4n) is 8.38. The third-order valence-electron chi connectivity index (χ3n) is 10.6. The van der Waals surface area contributed by atoms with E-state index in [9.17, 15) is 19.5 Å². The Hall–Kier alpha value is -2.18. The topological polar surface area (TPSA) is 105 Å². The van der Waals surface area contributed by atoms with Crippen molar-refractivity contribution in [2.75, 3.05) is 6.61 Å². The molecule has 0 spiro atoms. The summed E-state index contributed by atoms with van der Waals surface area (Å²) in [5, 5.41) is 16.2. The van der Waals surface area contributed by atoms with Gasteiger partial charge in [-0.05, 0) is 98.9 Å². The maximum absolute atomic E-state index is 12.4. The molecule has 7 heteroatoms. The predicted octanol–water partition coefficient (Wildman–Crippen LogP) is 5.14. The van der Waals surface area contributed by atoms with Gasteiger partial charge in [-0.2, -0.15) is 0 Å². The first-order valence-corrected chi connectivity index (χ1v) is 13.9. The fraction of sp³-hybridized carbons (Fsp3) is 0.793. The van der Waals surface area contributed by atoms with Gasteiger partial charge >= 0.3 is 5.97 Å². The van der Waals surface area contributed by atoms with E-state index in [1.165, 1.54) is 24.8 Å². The number of amides is 1. The molecule has 8 atom stereocenters. The zero-order valence-corrected chi connectivity index (χ0v) is 22.6. The van der Waals surface area contributed by atoms with E-state index < -0.39 is 17.9 Å². The van der Waals surface area contributed by atoms with E-state index in [-0.39, 0.29) is 29.3 Å². The summed E-state index contributed by atoms with van der Waals surface area (Å²) in [6.45, 7) is 10.0. The van der Waals surface area contributed by atoms with Gasteiger partial charge in [0.15, 0.2) is 6.61 Å². The van der Waals surface area contributed by atoms with Crippen LogP contribution in [0.15, 0.2) is 16.8 Å². The van der Waals surface area contributed by atoms with E-state index in [1.807, 2.05) is 6.92 Å². The molecule has 0 aromatic heterocycles. The smallest absolute Gasteiger partial charge is 0.326 e. The van der Waals surface area contributed by atoms with Crippen molar-refractivity contribution in [1.82, 2.24) is 5.32 Å². The van der Waals surface area contributed by atoms with Gasteiger partial charge < -0.3 is 15.3 Å². The van der Waals surface area contributed by atoms with E-state index in [0.29, 0.717) is 30.0 Å². The van der Waals surface area contributed by atoms with Crippen molar-refractivity contribution in [3.8, 4) is 0 Å². The van der Waals surface area contributed by atoms with Crippen LogP contribution in [0.5, 0.6) is 0 Å². The fourth-order valence-corrected chi connectivity index (χ4v) is 8.38. The van der Waals surface area contributed by atoms with Crippen LogP contribution in [0.3, 0.4) is 0 Å². The number of hydrogen-bond acceptors (Lipinski definition) is 5. The average molecular weight is 501 g/mol. The molecule has 0 bridgehead atoms. The van der Waals surface area contributed by atoms with Gasteiger partial charge in [-0.15, -0.1) is 0 Å². The molecule has 0 aliphatic heterocycles. The van der Waals surface area contributed by atoms with Gasteiger partial charge in [0.25, 0.3) is 5.91 Å². The van der Waals surface area contributed by atoms with Crippen LogP contribution in [0.2, 0.25) is 0 Å². The van der Waals surface area contributed by atoms with Crippen LogP contribution >= 0.6 is 0 Å². The number of hydrogen-bond donors (Lipinski definition) is 2. The van der Waals surface area contributed by atoms with Crippen molar-refractivity contribution >= 4 is 23.4 Å². The van der Waals surface area contributed by atoms with E-state index in [2.05, 4.69) is 30.4 Å². The molecule has 0 radical (unpaired) electrons. The van der Waals surface area contributed by atoms with Crippen molar-refractivity contribution in [2.45, 2.75) is 98.4 Å². The van der Waals surface area contributed by atoms with Gasteiger partial charge in [0.2, 0.25) is 0 Å². The summed E-state index contributed by atoms with van der Waals surface area (Å²) in [7, 11) is 0. The highest BCUT2D eigenvalue weighted by Crippen LogP contribution is 2.66. The Balaban J connectivity index is 1.39. The van der Waals surface area contributed by atoms with Gasteiger partial charge in [-0.25, -0.2) is 4.79 Å². The van der Waals surface area contributed by atoms with Crippen molar-refractivity contribution in [3.05, 3.63) is 11.6 Å². The Kier molecular flexibility index (Phi) is 7.68. The maximum Gasteiger partial charge on any atom is 0.326 e. The molecule has 4 aliphatic rings. The van der Waals surface area contributed by atoms with Gasteiger partial charge in [-0.1, -0.05) is 44.8 Å². The van der Waals surface area contributed by atoms with E-state index in [0.717, 1.165) is 37.8 Å². The summed E-state index contributed by atoms with van der Waals surface area (Å²) in [6.07, 6.45) is 11.5. The van der Waals surface area contributed by atoms with Gasteiger partial charge in [0.05, 0.1) is 5.71 Å².